The van der Waals surface area contributed by atoms with E-state index in [1.54, 1.807) is 0 Å². The lowest BCUT2D eigenvalue weighted by atomic mass is 9.95. The maximum atomic E-state index is 2.34. The molecule has 0 bridgehead atoms. The van der Waals surface area contributed by atoms with Crippen LogP contribution < -0.4 is 0 Å². The molecule has 0 spiro atoms. The Labute approximate surface area is 64.4 Å². The van der Waals surface area contributed by atoms with Gasteiger partial charge in [0.25, 0.3) is 0 Å². The minimum absolute atomic E-state index is 0. The molecule has 0 nitrogen and oxygen atoms in total. The molecular weight excluding hydrogens is 132 g/mol. The molecule has 1 heteroatoms. The van der Waals surface area contributed by atoms with Gasteiger partial charge in [0.1, 0.15) is 0 Å². The topological polar surface area (TPSA) is 0 Å². The van der Waals surface area contributed by atoms with E-state index < -0.39 is 0 Å². The first kappa shape index (κ1) is 9.29. The molecule has 0 N–H and O–H groups in total. The van der Waals surface area contributed by atoms with E-state index >= 15 is 0 Å². The molecule has 0 amide bonds. The van der Waals surface area contributed by atoms with Crippen LogP contribution in [0.2, 0.25) is 0 Å². The lowest BCUT2D eigenvalue weighted by molar-refractivity contribution is 0.396. The van der Waals surface area contributed by atoms with Gasteiger partial charge in [0.15, 0.2) is 0 Å². The molecule has 1 rings (SSSR count). The maximum absolute atomic E-state index is 2.34. The van der Waals surface area contributed by atoms with Gasteiger partial charge in [0.05, 0.1) is 0 Å². The summed E-state index contributed by atoms with van der Waals surface area (Å²) in [7, 11) is 0. The van der Waals surface area contributed by atoms with Crippen molar-refractivity contribution < 1.29 is 0 Å². The molecule has 1 aliphatic rings. The minimum atomic E-state index is 0. The molecule has 1 aliphatic carbocycles. The van der Waals surface area contributed by atoms with Crippen molar-refractivity contribution >= 4 is 12.4 Å². The second-order valence-electron chi connectivity index (χ2n) is 3.29. The zero-order chi connectivity index (χ0) is 5.98. The molecule has 1 fully saturated rings. The molecule has 9 heavy (non-hydrogen) atoms. The molecule has 0 saturated heterocycles. The molecular formula is C8H17Cl. The van der Waals surface area contributed by atoms with Crippen molar-refractivity contribution in [1.29, 1.82) is 0 Å². The van der Waals surface area contributed by atoms with Gasteiger partial charge in [-0.2, -0.15) is 0 Å². The lowest BCUT2D eigenvalue weighted by Gasteiger charge is -2.11. The Morgan fingerprint density at radius 1 is 1.11 bits per heavy atom. The van der Waals surface area contributed by atoms with Crippen LogP contribution in [-0.2, 0) is 0 Å². The zero-order valence-electron chi connectivity index (χ0n) is 6.39. The first-order chi connectivity index (χ1) is 3.80. The Morgan fingerprint density at radius 3 is 1.78 bits per heavy atom. The molecule has 56 valence electrons. The van der Waals surface area contributed by atoms with E-state index in [2.05, 4.69) is 13.8 Å². The van der Waals surface area contributed by atoms with Gasteiger partial charge in [-0.25, -0.2) is 0 Å². The number of rotatable bonds is 1. The Bertz CT molecular complexity index is 63.0. The van der Waals surface area contributed by atoms with Gasteiger partial charge in [0.2, 0.25) is 0 Å². The number of hydrogen-bond acceptors (Lipinski definition) is 0. The molecule has 0 aromatic carbocycles. The smallest absolute Gasteiger partial charge is 0.0391 e. The van der Waals surface area contributed by atoms with Crippen molar-refractivity contribution in [2.75, 3.05) is 0 Å². The normalized spacial score (nSPS) is 20.3. The van der Waals surface area contributed by atoms with Gasteiger partial charge < -0.3 is 0 Å². The Hall–Kier alpha value is 0.290. The number of hydrogen-bond donors (Lipinski definition) is 0. The second kappa shape index (κ2) is 4.16. The monoisotopic (exact) mass is 148 g/mol. The van der Waals surface area contributed by atoms with Gasteiger partial charge >= 0.3 is 0 Å². The highest BCUT2D eigenvalue weighted by Gasteiger charge is 2.17. The summed E-state index contributed by atoms with van der Waals surface area (Å²) in [5.74, 6) is 2.01. The molecule has 0 aromatic heterocycles. The lowest BCUT2D eigenvalue weighted by Crippen LogP contribution is -2.01. The summed E-state index contributed by atoms with van der Waals surface area (Å²) in [6.07, 6.45) is 5.97. The standard InChI is InChI=1S/C8H16.ClH/c1-7(2)8-5-3-4-6-8;/h7-8H,3-6H2,1-2H3;1H. The molecule has 0 unspecified atom stereocenters. The summed E-state index contributed by atoms with van der Waals surface area (Å²) in [6, 6.07) is 0. The maximum Gasteiger partial charge on any atom is -0.0391 e. The molecule has 1 saturated carbocycles. The fourth-order valence-corrected chi connectivity index (χ4v) is 1.62. The highest BCUT2D eigenvalue weighted by Crippen LogP contribution is 2.30. The fraction of sp³-hybridized carbons (Fsp3) is 1.00. The van der Waals surface area contributed by atoms with Crippen LogP contribution in [0.3, 0.4) is 0 Å². The quantitative estimate of drug-likeness (QED) is 0.536. The predicted octanol–water partition coefficient (Wildman–Crippen LogP) is 3.25. The average Bonchev–Trinajstić information content (AvgIpc) is 2.12. The SMILES string of the molecule is CC(C)C1CCCC1.Cl. The van der Waals surface area contributed by atoms with Crippen LogP contribution in [0.4, 0.5) is 0 Å². The summed E-state index contributed by atoms with van der Waals surface area (Å²) in [6.45, 7) is 4.69. The number of halogens is 1. The predicted molar refractivity (Wildman–Crippen MR) is 44.0 cm³/mol. The van der Waals surface area contributed by atoms with Crippen LogP contribution in [0.5, 0.6) is 0 Å². The molecule has 0 heterocycles. The van der Waals surface area contributed by atoms with Gasteiger partial charge in [-0.05, 0) is 11.8 Å². The third-order valence-electron chi connectivity index (χ3n) is 2.34. The highest BCUT2D eigenvalue weighted by molar-refractivity contribution is 5.85. The zero-order valence-corrected chi connectivity index (χ0v) is 7.21. The Balaban J connectivity index is 0.000000640. The third kappa shape index (κ3) is 2.57. The van der Waals surface area contributed by atoms with Crippen molar-refractivity contribution in [2.24, 2.45) is 11.8 Å². The van der Waals surface area contributed by atoms with Crippen LogP contribution in [-0.4, -0.2) is 0 Å². The van der Waals surface area contributed by atoms with E-state index in [4.69, 9.17) is 0 Å². The van der Waals surface area contributed by atoms with Gasteiger partial charge in [-0.1, -0.05) is 39.5 Å². The van der Waals surface area contributed by atoms with Crippen LogP contribution >= 0.6 is 12.4 Å². The Morgan fingerprint density at radius 2 is 1.56 bits per heavy atom. The van der Waals surface area contributed by atoms with E-state index in [1.165, 1.54) is 25.7 Å². The molecule has 0 radical (unpaired) electrons. The third-order valence-corrected chi connectivity index (χ3v) is 2.34. The van der Waals surface area contributed by atoms with E-state index in [1.807, 2.05) is 0 Å². The summed E-state index contributed by atoms with van der Waals surface area (Å²) in [5.41, 5.74) is 0. The van der Waals surface area contributed by atoms with Crippen molar-refractivity contribution in [1.82, 2.24) is 0 Å². The van der Waals surface area contributed by atoms with Crippen molar-refractivity contribution in [3.63, 3.8) is 0 Å². The summed E-state index contributed by atoms with van der Waals surface area (Å²) in [4.78, 5) is 0. The van der Waals surface area contributed by atoms with E-state index in [0.29, 0.717) is 0 Å². The van der Waals surface area contributed by atoms with E-state index in [9.17, 15) is 0 Å². The highest BCUT2D eigenvalue weighted by atomic mass is 35.5. The van der Waals surface area contributed by atoms with Crippen LogP contribution in [0.15, 0.2) is 0 Å². The van der Waals surface area contributed by atoms with Gasteiger partial charge in [-0.3, -0.25) is 0 Å². The average molecular weight is 149 g/mol. The second-order valence-corrected chi connectivity index (χ2v) is 3.29. The van der Waals surface area contributed by atoms with Crippen molar-refractivity contribution in [3.8, 4) is 0 Å². The largest absolute Gasteiger partial charge is 0.147 e. The summed E-state index contributed by atoms with van der Waals surface area (Å²) in [5, 5.41) is 0. The first-order valence-corrected chi connectivity index (χ1v) is 3.80. The molecule has 0 aromatic rings. The minimum Gasteiger partial charge on any atom is -0.147 e. The van der Waals surface area contributed by atoms with Crippen LogP contribution in [0.1, 0.15) is 39.5 Å². The summed E-state index contributed by atoms with van der Waals surface area (Å²) >= 11 is 0. The first-order valence-electron chi connectivity index (χ1n) is 3.80. The van der Waals surface area contributed by atoms with E-state index in [-0.39, 0.29) is 12.4 Å². The fourth-order valence-electron chi connectivity index (χ4n) is 1.62. The van der Waals surface area contributed by atoms with Crippen molar-refractivity contribution in [3.05, 3.63) is 0 Å². The van der Waals surface area contributed by atoms with Crippen molar-refractivity contribution in [2.45, 2.75) is 39.5 Å². The van der Waals surface area contributed by atoms with Gasteiger partial charge in [-0.15, -0.1) is 12.4 Å². The molecule has 0 atom stereocenters. The van der Waals surface area contributed by atoms with E-state index in [0.717, 1.165) is 11.8 Å². The van der Waals surface area contributed by atoms with Crippen LogP contribution in [0, 0.1) is 11.8 Å². The van der Waals surface area contributed by atoms with Gasteiger partial charge in [0, 0.05) is 0 Å². The Kier molecular flexibility index (Phi) is 4.29. The summed E-state index contributed by atoms with van der Waals surface area (Å²) < 4.78 is 0. The van der Waals surface area contributed by atoms with Crippen LogP contribution in [0.25, 0.3) is 0 Å². The molecule has 0 aliphatic heterocycles.